The number of aromatic amines is 1. The van der Waals surface area contributed by atoms with E-state index in [9.17, 15) is 22.8 Å². The molecule has 0 aliphatic rings. The van der Waals surface area contributed by atoms with Crippen LogP contribution in [-0.4, -0.2) is 39.7 Å². The molecule has 1 heterocycles. The van der Waals surface area contributed by atoms with Gasteiger partial charge in [-0.1, -0.05) is 0 Å². The molecule has 0 radical (unpaired) electrons. The van der Waals surface area contributed by atoms with Crippen LogP contribution in [0.3, 0.4) is 0 Å². The van der Waals surface area contributed by atoms with Gasteiger partial charge in [0, 0.05) is 0 Å². The molecule has 1 aromatic heterocycles. The summed E-state index contributed by atoms with van der Waals surface area (Å²) in [6.45, 7) is -0.807. The summed E-state index contributed by atoms with van der Waals surface area (Å²) >= 11 is 0. The molecule has 1 rings (SSSR count). The molecule has 0 saturated carbocycles. The number of anilines is 1. The topological polar surface area (TPSA) is 99.8 Å². The quantitative estimate of drug-likeness (QED) is 0.654. The number of hydrogen-bond acceptors (Lipinski definition) is 4. The van der Waals surface area contributed by atoms with Gasteiger partial charge >= 0.3 is 12.1 Å². The van der Waals surface area contributed by atoms with Crippen molar-refractivity contribution < 1.29 is 22.8 Å². The fraction of sp³-hybridized carbons (Fsp3) is 0.333. The molecule has 0 spiro atoms. The predicted molar refractivity (Wildman–Crippen MR) is 44.1 cm³/mol. The lowest BCUT2D eigenvalue weighted by atomic mass is 10.5. The molecule has 0 aliphatic carbocycles. The van der Waals surface area contributed by atoms with Gasteiger partial charge < -0.3 is 5.32 Å². The number of nitrogens with one attached hydrogen (secondary N) is 3. The van der Waals surface area contributed by atoms with Gasteiger partial charge in [0.2, 0.25) is 11.9 Å². The largest absolute Gasteiger partial charge is 0.471 e. The van der Waals surface area contributed by atoms with Gasteiger partial charge in [-0.05, 0) is 0 Å². The van der Waals surface area contributed by atoms with Gasteiger partial charge in [-0.2, -0.15) is 23.3 Å². The number of nitrogens with zero attached hydrogens (tertiary/aromatic N) is 2. The minimum absolute atomic E-state index is 0.0220. The lowest BCUT2D eigenvalue weighted by Gasteiger charge is -2.06. The first-order chi connectivity index (χ1) is 7.39. The number of rotatable bonds is 3. The highest BCUT2D eigenvalue weighted by Gasteiger charge is 2.38. The molecule has 0 aromatic carbocycles. The number of carbonyl (C=O) groups is 2. The Labute approximate surface area is 86.4 Å². The molecular formula is C6H6F3N5O2. The Kier molecular flexibility index (Phi) is 3.43. The van der Waals surface area contributed by atoms with Crippen molar-refractivity contribution in [3.63, 3.8) is 0 Å². The summed E-state index contributed by atoms with van der Waals surface area (Å²) in [5, 5.41) is 9.12. The highest BCUT2D eigenvalue weighted by Crippen LogP contribution is 2.13. The number of amides is 2. The van der Waals surface area contributed by atoms with E-state index in [2.05, 4.69) is 20.5 Å². The number of halogens is 3. The molecule has 0 saturated heterocycles. The number of H-pyrrole nitrogens is 1. The minimum Gasteiger partial charge on any atom is -0.339 e. The van der Waals surface area contributed by atoms with Gasteiger partial charge in [0.25, 0.3) is 0 Å². The van der Waals surface area contributed by atoms with Crippen LogP contribution in [0.15, 0.2) is 6.33 Å². The first-order valence-corrected chi connectivity index (χ1v) is 3.90. The molecule has 2 amide bonds. The molecule has 1 aromatic rings. The Hall–Kier alpha value is -2.13. The first-order valence-electron chi connectivity index (χ1n) is 3.90. The molecule has 0 fully saturated rings. The third-order valence-electron chi connectivity index (χ3n) is 1.34. The van der Waals surface area contributed by atoms with Crippen LogP contribution in [0.25, 0.3) is 0 Å². The predicted octanol–water partition coefficient (Wildman–Crippen LogP) is -0.578. The van der Waals surface area contributed by atoms with Crippen LogP contribution in [0.5, 0.6) is 0 Å². The number of hydrogen-bond donors (Lipinski definition) is 3. The Morgan fingerprint density at radius 3 is 2.62 bits per heavy atom. The second-order valence-electron chi connectivity index (χ2n) is 2.56. The zero-order valence-corrected chi connectivity index (χ0v) is 7.63. The van der Waals surface area contributed by atoms with E-state index in [1.54, 1.807) is 0 Å². The first kappa shape index (κ1) is 11.9. The summed E-state index contributed by atoms with van der Waals surface area (Å²) in [7, 11) is 0. The Balaban J connectivity index is 2.34. The average Bonchev–Trinajstić information content (AvgIpc) is 2.65. The summed E-state index contributed by atoms with van der Waals surface area (Å²) in [5.74, 6) is -3.05. The summed E-state index contributed by atoms with van der Waals surface area (Å²) in [5.41, 5.74) is 0. The van der Waals surface area contributed by atoms with E-state index in [1.165, 1.54) is 5.32 Å². The summed E-state index contributed by atoms with van der Waals surface area (Å²) in [6, 6.07) is 0. The number of alkyl halides is 3. The molecule has 0 unspecified atom stereocenters. The fourth-order valence-electron chi connectivity index (χ4n) is 0.703. The van der Waals surface area contributed by atoms with Crippen molar-refractivity contribution in [1.29, 1.82) is 0 Å². The van der Waals surface area contributed by atoms with E-state index in [-0.39, 0.29) is 5.95 Å². The van der Waals surface area contributed by atoms with Crippen LogP contribution in [-0.2, 0) is 9.59 Å². The average molecular weight is 237 g/mol. The van der Waals surface area contributed by atoms with Crippen molar-refractivity contribution in [2.75, 3.05) is 11.9 Å². The maximum atomic E-state index is 11.7. The fourth-order valence-corrected chi connectivity index (χ4v) is 0.703. The third-order valence-corrected chi connectivity index (χ3v) is 1.34. The normalized spacial score (nSPS) is 10.9. The Bertz CT molecular complexity index is 374. The molecule has 7 nitrogen and oxygen atoms in total. The molecule has 10 heteroatoms. The summed E-state index contributed by atoms with van der Waals surface area (Å²) in [4.78, 5) is 24.8. The van der Waals surface area contributed by atoms with Crippen molar-refractivity contribution >= 4 is 17.8 Å². The van der Waals surface area contributed by atoms with Gasteiger partial charge in [0.1, 0.15) is 6.33 Å². The van der Waals surface area contributed by atoms with Crippen molar-refractivity contribution in [2.45, 2.75) is 6.18 Å². The zero-order valence-electron chi connectivity index (χ0n) is 7.63. The standard InChI is InChI=1S/C6H6F3N5O2/c7-6(8,9)4(16)10-1-3(15)13-5-11-2-12-14-5/h2H,1H2,(H,10,16)(H2,11,12,13,14,15). The summed E-state index contributed by atoms with van der Waals surface area (Å²) in [6.07, 6.45) is -3.91. The lowest BCUT2D eigenvalue weighted by Crippen LogP contribution is -2.41. The van der Waals surface area contributed by atoms with E-state index in [0.29, 0.717) is 0 Å². The van der Waals surface area contributed by atoms with Crippen LogP contribution in [0.2, 0.25) is 0 Å². The van der Waals surface area contributed by atoms with Gasteiger partial charge in [-0.15, -0.1) is 0 Å². The van der Waals surface area contributed by atoms with E-state index in [0.717, 1.165) is 6.33 Å². The van der Waals surface area contributed by atoms with Gasteiger partial charge in [0.15, 0.2) is 0 Å². The van der Waals surface area contributed by atoms with Crippen LogP contribution in [0.4, 0.5) is 19.1 Å². The highest BCUT2D eigenvalue weighted by molar-refractivity contribution is 5.94. The number of aromatic nitrogens is 3. The van der Waals surface area contributed by atoms with Crippen LogP contribution < -0.4 is 10.6 Å². The Morgan fingerprint density at radius 1 is 1.44 bits per heavy atom. The van der Waals surface area contributed by atoms with E-state index >= 15 is 0 Å². The van der Waals surface area contributed by atoms with Crippen molar-refractivity contribution in [3.8, 4) is 0 Å². The van der Waals surface area contributed by atoms with Crippen molar-refractivity contribution in [3.05, 3.63) is 6.33 Å². The molecule has 0 aliphatic heterocycles. The molecule has 0 bridgehead atoms. The van der Waals surface area contributed by atoms with Crippen LogP contribution in [0.1, 0.15) is 0 Å². The molecule has 16 heavy (non-hydrogen) atoms. The zero-order chi connectivity index (χ0) is 12.2. The van der Waals surface area contributed by atoms with Crippen molar-refractivity contribution in [1.82, 2.24) is 20.5 Å². The van der Waals surface area contributed by atoms with Crippen LogP contribution >= 0.6 is 0 Å². The third kappa shape index (κ3) is 3.55. The van der Waals surface area contributed by atoms with Crippen LogP contribution in [0, 0.1) is 0 Å². The second-order valence-corrected chi connectivity index (χ2v) is 2.56. The van der Waals surface area contributed by atoms with E-state index in [1.807, 2.05) is 0 Å². The molecule has 88 valence electrons. The monoisotopic (exact) mass is 237 g/mol. The van der Waals surface area contributed by atoms with Crippen molar-refractivity contribution in [2.24, 2.45) is 0 Å². The van der Waals surface area contributed by atoms with Gasteiger partial charge in [0.05, 0.1) is 6.54 Å². The molecule has 0 atom stereocenters. The maximum absolute atomic E-state index is 11.7. The molecule has 3 N–H and O–H groups in total. The smallest absolute Gasteiger partial charge is 0.339 e. The van der Waals surface area contributed by atoms with Gasteiger partial charge in [-0.25, -0.2) is 5.10 Å². The SMILES string of the molecule is O=C(CNC(=O)C(F)(F)F)Nc1ncn[nH]1. The van der Waals surface area contributed by atoms with E-state index < -0.39 is 24.5 Å². The number of carbonyl (C=O) groups excluding carboxylic acids is 2. The second kappa shape index (κ2) is 4.59. The minimum atomic E-state index is -5.01. The lowest BCUT2D eigenvalue weighted by molar-refractivity contribution is -0.173. The Morgan fingerprint density at radius 2 is 2.12 bits per heavy atom. The maximum Gasteiger partial charge on any atom is 0.471 e. The molecular weight excluding hydrogens is 231 g/mol. The van der Waals surface area contributed by atoms with Gasteiger partial charge in [-0.3, -0.25) is 14.9 Å². The van der Waals surface area contributed by atoms with E-state index in [4.69, 9.17) is 0 Å². The highest BCUT2D eigenvalue weighted by atomic mass is 19.4. The summed E-state index contributed by atoms with van der Waals surface area (Å²) < 4.78 is 35.1.